The summed E-state index contributed by atoms with van der Waals surface area (Å²) in [5.41, 5.74) is -0.452. The summed E-state index contributed by atoms with van der Waals surface area (Å²) in [4.78, 5) is 18.0. The highest BCUT2D eigenvalue weighted by Gasteiger charge is 2.12. The van der Waals surface area contributed by atoms with Crippen LogP contribution in [0.4, 0.5) is 8.78 Å². The molecule has 0 saturated heterocycles. The molecule has 1 aromatic rings. The molecule has 0 unspecified atom stereocenters. The first kappa shape index (κ1) is 14.6. The molecule has 96 valence electrons. The number of rotatable bonds is 4. The van der Waals surface area contributed by atoms with E-state index in [9.17, 15) is 8.78 Å². The summed E-state index contributed by atoms with van der Waals surface area (Å²) in [6.07, 6.45) is -1.58. The van der Waals surface area contributed by atoms with Crippen LogP contribution in [0.15, 0.2) is 16.2 Å². The molecule has 1 heterocycles. The van der Waals surface area contributed by atoms with E-state index in [0.717, 1.165) is 13.1 Å². The lowest BCUT2D eigenvalue weighted by Crippen LogP contribution is -2.06. The number of halogens is 4. The average molecular weight is 294 g/mol. The fourth-order valence-corrected chi connectivity index (χ4v) is 1.27. The van der Waals surface area contributed by atoms with Gasteiger partial charge in [-0.2, -0.15) is 15.0 Å². The zero-order valence-corrected chi connectivity index (χ0v) is 10.6. The van der Waals surface area contributed by atoms with E-state index < -0.39 is 12.1 Å². The van der Waals surface area contributed by atoms with Gasteiger partial charge in [0.1, 0.15) is 5.70 Å². The van der Waals surface area contributed by atoms with Gasteiger partial charge >= 0.3 is 0 Å². The SMILES string of the molecule is C=N/C=C(\N=C(C)C(F)F)c1nc(Cl)nc(Cl)n1. The van der Waals surface area contributed by atoms with Crippen molar-refractivity contribution >= 4 is 41.3 Å². The molecule has 0 spiro atoms. The van der Waals surface area contributed by atoms with Crippen molar-refractivity contribution in [3.05, 3.63) is 22.6 Å². The van der Waals surface area contributed by atoms with Gasteiger partial charge in [0.25, 0.3) is 6.43 Å². The maximum atomic E-state index is 12.4. The van der Waals surface area contributed by atoms with Gasteiger partial charge in [-0.1, -0.05) is 0 Å². The Morgan fingerprint density at radius 3 is 2.28 bits per heavy atom. The van der Waals surface area contributed by atoms with Crippen LogP contribution in [-0.4, -0.2) is 33.8 Å². The summed E-state index contributed by atoms with van der Waals surface area (Å²) in [5.74, 6) is -0.0626. The summed E-state index contributed by atoms with van der Waals surface area (Å²) in [7, 11) is 0. The van der Waals surface area contributed by atoms with Crippen molar-refractivity contribution in [2.75, 3.05) is 0 Å². The van der Waals surface area contributed by atoms with Crippen molar-refractivity contribution in [2.24, 2.45) is 9.98 Å². The Morgan fingerprint density at radius 2 is 1.83 bits per heavy atom. The Labute approximate surface area is 111 Å². The zero-order chi connectivity index (χ0) is 13.7. The van der Waals surface area contributed by atoms with E-state index in [-0.39, 0.29) is 22.1 Å². The summed E-state index contributed by atoms with van der Waals surface area (Å²) < 4.78 is 24.8. The van der Waals surface area contributed by atoms with E-state index in [1.54, 1.807) is 0 Å². The summed E-state index contributed by atoms with van der Waals surface area (Å²) in [6.45, 7) is 4.36. The Bertz CT molecular complexity index is 495. The molecule has 1 aromatic heterocycles. The number of hydrogen-bond acceptors (Lipinski definition) is 5. The van der Waals surface area contributed by atoms with Crippen LogP contribution < -0.4 is 0 Å². The van der Waals surface area contributed by atoms with E-state index in [0.29, 0.717) is 0 Å². The Morgan fingerprint density at radius 1 is 1.28 bits per heavy atom. The molecule has 9 heteroatoms. The van der Waals surface area contributed by atoms with Crippen LogP contribution in [-0.2, 0) is 0 Å². The lowest BCUT2D eigenvalue weighted by molar-refractivity contribution is 0.225. The summed E-state index contributed by atoms with van der Waals surface area (Å²) in [5, 5.41) is -0.352. The lowest BCUT2D eigenvalue weighted by atomic mass is 10.4. The number of nitrogens with zero attached hydrogens (tertiary/aromatic N) is 5. The summed E-state index contributed by atoms with van der Waals surface area (Å²) in [6, 6.07) is 0. The maximum absolute atomic E-state index is 12.4. The van der Waals surface area contributed by atoms with Gasteiger partial charge in [0, 0.05) is 0 Å². The second-order valence-electron chi connectivity index (χ2n) is 2.95. The van der Waals surface area contributed by atoms with E-state index >= 15 is 0 Å². The number of alkyl halides is 2. The molecule has 0 aliphatic heterocycles. The Kier molecular flexibility index (Phi) is 5.24. The van der Waals surface area contributed by atoms with Crippen molar-refractivity contribution in [1.82, 2.24) is 15.0 Å². The van der Waals surface area contributed by atoms with Gasteiger partial charge in [-0.15, -0.1) is 0 Å². The van der Waals surface area contributed by atoms with Gasteiger partial charge in [-0.3, -0.25) is 4.99 Å². The monoisotopic (exact) mass is 293 g/mol. The molecule has 0 radical (unpaired) electrons. The average Bonchev–Trinajstić information content (AvgIpc) is 2.26. The Balaban J connectivity index is 3.25. The molecule has 5 nitrogen and oxygen atoms in total. The molecule has 0 amide bonds. The third-order valence-electron chi connectivity index (χ3n) is 1.64. The van der Waals surface area contributed by atoms with Crippen molar-refractivity contribution in [1.29, 1.82) is 0 Å². The maximum Gasteiger partial charge on any atom is 0.276 e. The van der Waals surface area contributed by atoms with Gasteiger partial charge in [-0.25, -0.2) is 13.8 Å². The molecule has 0 aromatic carbocycles. The van der Waals surface area contributed by atoms with Crippen LogP contribution in [0, 0.1) is 0 Å². The van der Waals surface area contributed by atoms with E-state index in [4.69, 9.17) is 23.2 Å². The van der Waals surface area contributed by atoms with E-state index in [2.05, 4.69) is 31.7 Å². The fraction of sp³-hybridized carbons (Fsp3) is 0.222. The second kappa shape index (κ2) is 6.46. The summed E-state index contributed by atoms with van der Waals surface area (Å²) >= 11 is 11.2. The topological polar surface area (TPSA) is 63.4 Å². The quantitative estimate of drug-likeness (QED) is 0.802. The fourth-order valence-electron chi connectivity index (χ4n) is 0.902. The standard InChI is InChI=1S/C9H7Cl2F2N5/c1-4(6(12)13)15-5(3-14-2)7-16-8(10)18-9(11)17-7/h3,6H,2H2,1H3/b5-3-,15-4?. The molecular formula is C9H7Cl2F2N5. The second-order valence-corrected chi connectivity index (χ2v) is 3.62. The van der Waals surface area contributed by atoms with Gasteiger partial charge in [0.2, 0.25) is 10.6 Å². The van der Waals surface area contributed by atoms with Crippen molar-refractivity contribution in [3.63, 3.8) is 0 Å². The van der Waals surface area contributed by atoms with Crippen molar-refractivity contribution < 1.29 is 8.78 Å². The van der Waals surface area contributed by atoms with Crippen LogP contribution in [0.25, 0.3) is 5.70 Å². The van der Waals surface area contributed by atoms with Crippen LogP contribution >= 0.6 is 23.2 Å². The van der Waals surface area contributed by atoms with Gasteiger partial charge in [0.05, 0.1) is 11.9 Å². The minimum absolute atomic E-state index is 0.0333. The highest BCUT2D eigenvalue weighted by Crippen LogP contribution is 2.16. The van der Waals surface area contributed by atoms with Gasteiger partial charge < -0.3 is 0 Å². The lowest BCUT2D eigenvalue weighted by Gasteiger charge is -2.03. The van der Waals surface area contributed by atoms with Crippen LogP contribution in [0.3, 0.4) is 0 Å². The normalized spacial score (nSPS) is 13.0. The van der Waals surface area contributed by atoms with Gasteiger partial charge in [-0.05, 0) is 36.8 Å². The van der Waals surface area contributed by atoms with Crippen LogP contribution in [0.1, 0.15) is 12.7 Å². The molecule has 0 saturated carbocycles. The third-order valence-corrected chi connectivity index (χ3v) is 1.97. The largest absolute Gasteiger partial charge is 0.276 e. The molecular weight excluding hydrogens is 287 g/mol. The highest BCUT2D eigenvalue weighted by atomic mass is 35.5. The van der Waals surface area contributed by atoms with Crippen LogP contribution in [0.2, 0.25) is 10.6 Å². The molecule has 0 aliphatic carbocycles. The number of aliphatic imine (C=N–C) groups is 2. The number of aromatic nitrogens is 3. The first-order valence-corrected chi connectivity index (χ1v) is 5.26. The zero-order valence-electron chi connectivity index (χ0n) is 9.11. The highest BCUT2D eigenvalue weighted by molar-refractivity contribution is 6.31. The molecule has 1 rings (SSSR count). The number of hydrogen-bond donors (Lipinski definition) is 0. The first-order valence-electron chi connectivity index (χ1n) is 4.51. The molecule has 18 heavy (non-hydrogen) atoms. The van der Waals surface area contributed by atoms with Crippen molar-refractivity contribution in [3.8, 4) is 0 Å². The molecule has 0 atom stereocenters. The van der Waals surface area contributed by atoms with Crippen LogP contribution in [0.5, 0.6) is 0 Å². The minimum atomic E-state index is -2.70. The predicted octanol–water partition coefficient (Wildman–Crippen LogP) is 2.90. The molecule has 0 aliphatic rings. The third kappa shape index (κ3) is 4.08. The first-order chi connectivity index (χ1) is 8.43. The predicted molar refractivity (Wildman–Crippen MR) is 66.5 cm³/mol. The minimum Gasteiger partial charge on any atom is -0.270 e. The van der Waals surface area contributed by atoms with Crippen molar-refractivity contribution in [2.45, 2.75) is 13.3 Å². The Hall–Kier alpha value is -1.47. The molecule has 0 N–H and O–H groups in total. The molecule has 0 fully saturated rings. The smallest absolute Gasteiger partial charge is 0.270 e. The van der Waals surface area contributed by atoms with Gasteiger partial charge in [0.15, 0.2) is 5.82 Å². The molecule has 0 bridgehead atoms. The van der Waals surface area contributed by atoms with E-state index in [1.165, 1.54) is 0 Å². The van der Waals surface area contributed by atoms with E-state index in [1.807, 2.05) is 0 Å².